The third-order valence-corrected chi connectivity index (χ3v) is 13.2. The summed E-state index contributed by atoms with van der Waals surface area (Å²) in [7, 11) is 0. The molecule has 0 bridgehead atoms. The highest BCUT2D eigenvalue weighted by Crippen LogP contribution is 2.64. The van der Waals surface area contributed by atoms with Crippen molar-refractivity contribution in [2.75, 3.05) is 9.80 Å². The summed E-state index contributed by atoms with van der Waals surface area (Å²) in [5.74, 6) is 0. The van der Waals surface area contributed by atoms with Gasteiger partial charge in [-0.15, -0.1) is 0 Å². The second kappa shape index (κ2) is 14.3. The number of benzene rings is 10. The van der Waals surface area contributed by atoms with Crippen molar-refractivity contribution in [1.29, 1.82) is 0 Å². The van der Waals surface area contributed by atoms with Crippen LogP contribution in [0.3, 0.4) is 0 Å². The topological polar surface area (TPSA) is 11.4 Å². The number of nitrogens with zero attached hydrogens (tertiary/aromatic N) is 3. The highest BCUT2D eigenvalue weighted by Gasteiger charge is 2.52. The quantitative estimate of drug-likeness (QED) is 0.159. The van der Waals surface area contributed by atoms with Gasteiger partial charge in [0.15, 0.2) is 0 Å². The van der Waals surface area contributed by atoms with Gasteiger partial charge in [-0.2, -0.15) is 0 Å². The van der Waals surface area contributed by atoms with E-state index in [1.165, 1.54) is 33.0 Å². The van der Waals surface area contributed by atoms with Gasteiger partial charge in [0.2, 0.25) is 0 Å². The predicted molar refractivity (Wildman–Crippen MR) is 266 cm³/mol. The van der Waals surface area contributed by atoms with Gasteiger partial charge in [0, 0.05) is 50.6 Å². The number of anilines is 6. The minimum absolute atomic E-state index is 0.0951. The summed E-state index contributed by atoms with van der Waals surface area (Å²) < 4.78 is 46.2. The van der Waals surface area contributed by atoms with Crippen molar-refractivity contribution in [3.8, 4) is 27.9 Å². The number of hydrogen-bond donors (Lipinski definition) is 0. The lowest BCUT2D eigenvalue weighted by atomic mass is 9.70. The smallest absolute Gasteiger partial charge is 0.0726 e. The number of para-hydroxylation sites is 5. The standard InChI is InChI=1S/C61H41N3/c1-5-19-42(20-6-1)62(43-21-7-2-8-22-43)46-35-38-57-54(39-46)50-28-14-17-31-56(50)61(57)55-30-16-13-27-49(55)51-36-33-47(40-58(51)61)63(44-23-9-3-10-24-44)48-34-37-53-52-29-15-18-32-59(52)64(60(53)41-48)45-25-11-4-12-26-45/h1-41H/i1D,5D,6D,19D,20D. The average molecular weight is 821 g/mol. The van der Waals surface area contributed by atoms with E-state index in [1.807, 2.05) is 36.4 Å². The Labute approximate surface area is 380 Å². The minimum atomic E-state index is -0.702. The third kappa shape index (κ3) is 5.28. The van der Waals surface area contributed by atoms with E-state index in [2.05, 4.69) is 191 Å². The van der Waals surface area contributed by atoms with E-state index < -0.39 is 11.5 Å². The molecular weight excluding hydrogens is 775 g/mol. The molecule has 0 aliphatic heterocycles. The minimum Gasteiger partial charge on any atom is -0.310 e. The summed E-state index contributed by atoms with van der Waals surface area (Å²) in [5.41, 5.74) is 16.3. The van der Waals surface area contributed by atoms with Crippen LogP contribution in [0.4, 0.5) is 34.1 Å². The first kappa shape index (κ1) is 31.4. The van der Waals surface area contributed by atoms with E-state index in [0.717, 1.165) is 56.0 Å². The summed E-state index contributed by atoms with van der Waals surface area (Å²) in [6.45, 7) is 0. The van der Waals surface area contributed by atoms with Crippen LogP contribution in [0, 0.1) is 0 Å². The summed E-state index contributed by atoms with van der Waals surface area (Å²) in [5, 5.41) is 2.39. The second-order valence-electron chi connectivity index (χ2n) is 16.5. The molecule has 0 saturated carbocycles. The molecule has 0 N–H and O–H groups in total. The molecule has 2 aliphatic carbocycles. The van der Waals surface area contributed by atoms with Crippen LogP contribution in [0.2, 0.25) is 0 Å². The number of rotatable bonds is 7. The Balaban J connectivity index is 1.04. The number of aromatic nitrogens is 1. The van der Waals surface area contributed by atoms with E-state index in [4.69, 9.17) is 6.85 Å². The Morgan fingerprint density at radius 3 is 1.55 bits per heavy atom. The van der Waals surface area contributed by atoms with Gasteiger partial charge in [0.1, 0.15) is 0 Å². The van der Waals surface area contributed by atoms with Gasteiger partial charge in [0.25, 0.3) is 0 Å². The normalized spacial score (nSPS) is 15.4. The molecule has 300 valence electrons. The molecule has 10 aromatic carbocycles. The van der Waals surface area contributed by atoms with Crippen molar-refractivity contribution in [3.63, 3.8) is 0 Å². The fourth-order valence-electron chi connectivity index (χ4n) is 10.7. The van der Waals surface area contributed by atoms with E-state index in [1.54, 1.807) is 4.90 Å². The van der Waals surface area contributed by atoms with Crippen molar-refractivity contribution in [3.05, 3.63) is 271 Å². The molecule has 0 fully saturated rings. The van der Waals surface area contributed by atoms with Crippen LogP contribution in [-0.2, 0) is 5.41 Å². The zero-order valence-electron chi connectivity index (χ0n) is 39.6. The first-order chi connectivity index (χ1) is 33.8. The predicted octanol–water partition coefficient (Wildman–Crippen LogP) is 16.1. The summed E-state index contributed by atoms with van der Waals surface area (Å²) in [6, 6.07) is 75.1. The average Bonchev–Trinajstić information content (AvgIpc) is 4.00. The first-order valence-electron chi connectivity index (χ1n) is 24.2. The van der Waals surface area contributed by atoms with Crippen molar-refractivity contribution >= 4 is 55.9 Å². The van der Waals surface area contributed by atoms with E-state index in [9.17, 15) is 0 Å². The molecule has 13 rings (SSSR count). The SMILES string of the molecule is [2H]c1c([2H])c([2H])c(N(c2ccccc2)c2ccc3c(c2)-c2ccccc2C32c3ccccc3-c3ccc(N(c4ccccc4)c4ccc5c6ccccc6n(-c6ccccc6)c5c4)cc32)c([2H])c1[2H]. The molecule has 3 heteroatoms. The Kier molecular flexibility index (Phi) is 7.04. The van der Waals surface area contributed by atoms with Crippen molar-refractivity contribution in [1.82, 2.24) is 4.57 Å². The lowest BCUT2D eigenvalue weighted by molar-refractivity contribution is 0.793. The summed E-state index contributed by atoms with van der Waals surface area (Å²) >= 11 is 0. The van der Waals surface area contributed by atoms with Crippen molar-refractivity contribution in [2.45, 2.75) is 5.41 Å². The monoisotopic (exact) mass is 820 g/mol. The van der Waals surface area contributed by atoms with Crippen molar-refractivity contribution in [2.24, 2.45) is 0 Å². The molecule has 0 radical (unpaired) electrons. The molecule has 1 aromatic heterocycles. The largest absolute Gasteiger partial charge is 0.310 e. The van der Waals surface area contributed by atoms with Gasteiger partial charge < -0.3 is 14.4 Å². The molecule has 1 spiro atoms. The Bertz CT molecular complexity index is 3840. The van der Waals surface area contributed by atoms with Gasteiger partial charge in [-0.3, -0.25) is 0 Å². The fourth-order valence-corrected chi connectivity index (χ4v) is 10.7. The zero-order chi connectivity index (χ0) is 46.5. The van der Waals surface area contributed by atoms with Crippen LogP contribution in [0.5, 0.6) is 0 Å². The summed E-state index contributed by atoms with van der Waals surface area (Å²) in [4.78, 5) is 4.17. The second-order valence-corrected chi connectivity index (χ2v) is 16.5. The highest BCUT2D eigenvalue weighted by molar-refractivity contribution is 6.10. The molecule has 1 unspecified atom stereocenters. The third-order valence-electron chi connectivity index (χ3n) is 13.2. The van der Waals surface area contributed by atoms with Crippen LogP contribution in [0.15, 0.2) is 249 Å². The molecular formula is C61H41N3. The zero-order valence-corrected chi connectivity index (χ0v) is 34.6. The van der Waals surface area contributed by atoms with Gasteiger partial charge in [-0.05, 0) is 135 Å². The Hall–Kier alpha value is -8.40. The molecule has 0 amide bonds. The Morgan fingerprint density at radius 2 is 0.828 bits per heavy atom. The van der Waals surface area contributed by atoms with Gasteiger partial charge in [-0.1, -0.05) is 158 Å². The van der Waals surface area contributed by atoms with Gasteiger partial charge in [-0.25, -0.2) is 0 Å². The van der Waals surface area contributed by atoms with Crippen molar-refractivity contribution < 1.29 is 6.85 Å². The van der Waals surface area contributed by atoms with Crippen LogP contribution < -0.4 is 9.80 Å². The molecule has 0 saturated heterocycles. The molecule has 1 atom stereocenters. The maximum Gasteiger partial charge on any atom is 0.0726 e. The van der Waals surface area contributed by atoms with Crippen LogP contribution in [0.25, 0.3) is 49.7 Å². The van der Waals surface area contributed by atoms with Crippen LogP contribution in [-0.4, -0.2) is 4.57 Å². The van der Waals surface area contributed by atoms with Gasteiger partial charge >= 0.3 is 0 Å². The number of hydrogen-bond acceptors (Lipinski definition) is 2. The maximum absolute atomic E-state index is 9.10. The highest BCUT2D eigenvalue weighted by atomic mass is 15.1. The van der Waals surface area contributed by atoms with E-state index >= 15 is 0 Å². The summed E-state index contributed by atoms with van der Waals surface area (Å²) in [6.07, 6.45) is 0. The fraction of sp³-hybridized carbons (Fsp3) is 0.0164. The molecule has 64 heavy (non-hydrogen) atoms. The first-order valence-corrected chi connectivity index (χ1v) is 21.7. The van der Waals surface area contributed by atoms with Crippen LogP contribution in [0.1, 0.15) is 29.1 Å². The van der Waals surface area contributed by atoms with E-state index in [-0.39, 0.29) is 29.9 Å². The molecule has 1 heterocycles. The molecule has 3 nitrogen and oxygen atoms in total. The molecule has 2 aliphatic rings. The van der Waals surface area contributed by atoms with E-state index in [0.29, 0.717) is 11.4 Å². The molecule has 11 aromatic rings. The lowest BCUT2D eigenvalue weighted by Gasteiger charge is -2.32. The number of fused-ring (bicyclic) bond motifs is 13. The maximum atomic E-state index is 9.10. The van der Waals surface area contributed by atoms with Gasteiger partial charge in [0.05, 0.1) is 23.3 Å². The van der Waals surface area contributed by atoms with Crippen LogP contribution >= 0.6 is 0 Å². The Morgan fingerprint density at radius 1 is 0.328 bits per heavy atom. The lowest BCUT2D eigenvalue weighted by Crippen LogP contribution is -2.26.